The van der Waals surface area contributed by atoms with Gasteiger partial charge in [-0.3, -0.25) is 14.7 Å². The summed E-state index contributed by atoms with van der Waals surface area (Å²) < 4.78 is 1.85. The van der Waals surface area contributed by atoms with Crippen LogP contribution in [-0.4, -0.2) is 64.5 Å². The monoisotopic (exact) mass is 515 g/mol. The second-order valence-electron chi connectivity index (χ2n) is 9.14. The Kier molecular flexibility index (Phi) is 5.76. The number of nitrogens with one attached hydrogen (secondary N) is 2. The van der Waals surface area contributed by atoms with Crippen LogP contribution in [0.3, 0.4) is 0 Å². The van der Waals surface area contributed by atoms with Crippen molar-refractivity contribution in [2.45, 2.75) is 24.9 Å². The van der Waals surface area contributed by atoms with Gasteiger partial charge in [0.25, 0.3) is 5.91 Å². The molecule has 1 saturated carbocycles. The summed E-state index contributed by atoms with van der Waals surface area (Å²) in [4.78, 5) is 35.6. The number of carbonyl (C=O) groups is 2. The van der Waals surface area contributed by atoms with Gasteiger partial charge in [0.15, 0.2) is 0 Å². The van der Waals surface area contributed by atoms with Crippen LogP contribution in [-0.2, 0) is 4.79 Å². The molecule has 5 heterocycles. The number of hydrogen-bond acceptors (Lipinski definition) is 7. The lowest BCUT2D eigenvalue weighted by Crippen LogP contribution is -2.42. The average molecular weight is 516 g/mol. The zero-order valence-electron chi connectivity index (χ0n) is 19.6. The van der Waals surface area contributed by atoms with Gasteiger partial charge in [-0.2, -0.15) is 5.10 Å². The van der Waals surface area contributed by atoms with Gasteiger partial charge < -0.3 is 10.2 Å². The van der Waals surface area contributed by atoms with E-state index in [9.17, 15) is 9.59 Å². The highest BCUT2D eigenvalue weighted by Crippen LogP contribution is 2.44. The van der Waals surface area contributed by atoms with Crippen molar-refractivity contribution in [2.75, 3.05) is 11.9 Å². The third-order valence-corrected chi connectivity index (χ3v) is 7.18. The predicted octanol–water partition coefficient (Wildman–Crippen LogP) is 3.38. The molecule has 1 saturated heterocycles. The molecule has 4 aromatic rings. The molecule has 1 aliphatic heterocycles. The van der Waals surface area contributed by atoms with Gasteiger partial charge in [-0.05, 0) is 49.1 Å². The first-order chi connectivity index (χ1) is 18.0. The third-order valence-electron chi connectivity index (χ3n) is 6.89. The lowest BCUT2D eigenvalue weighted by atomic mass is 10.1. The molecule has 0 aromatic carbocycles. The summed E-state index contributed by atoms with van der Waals surface area (Å²) in [6.45, 7) is 4.40. The number of rotatable bonds is 6. The Labute approximate surface area is 216 Å². The molecule has 6 rings (SSSR count). The fourth-order valence-electron chi connectivity index (χ4n) is 5.17. The number of aromatic amines is 1. The van der Waals surface area contributed by atoms with Crippen molar-refractivity contribution in [2.24, 2.45) is 5.92 Å². The standard InChI is InChI=1S/C25H22ClN9O2/c1-2-23(36)34-12-14-8-20(34)21(9-14)35-13-19(31-33-35)15-6-7-22(27-10-15)30-25(37)18-5-3-4-17(29-18)24-16(26)11-28-32-24/h2-7,10-11,13-14,20-21H,1,8-9,12H2,(H,28,32)(H,27,30,37). The maximum absolute atomic E-state index is 12.8. The minimum Gasteiger partial charge on any atom is -0.334 e. The molecule has 0 radical (unpaired) electrons. The van der Waals surface area contributed by atoms with Gasteiger partial charge in [0.1, 0.15) is 22.9 Å². The Morgan fingerprint density at radius 1 is 1.14 bits per heavy atom. The SMILES string of the molecule is C=CC(=O)N1CC2CC1C(n1cc(-c3ccc(NC(=O)c4cccc(-c5[nH]ncc5Cl)n4)nc3)nn1)C2. The van der Waals surface area contributed by atoms with Gasteiger partial charge in [-0.25, -0.2) is 14.6 Å². The van der Waals surface area contributed by atoms with Crippen molar-refractivity contribution in [1.82, 2.24) is 40.1 Å². The average Bonchev–Trinajstić information content (AvgIpc) is 3.73. The number of pyridine rings is 2. The van der Waals surface area contributed by atoms with Crippen molar-refractivity contribution in [3.8, 4) is 22.6 Å². The van der Waals surface area contributed by atoms with Gasteiger partial charge in [-0.15, -0.1) is 5.10 Å². The predicted molar refractivity (Wildman–Crippen MR) is 135 cm³/mol. The van der Waals surface area contributed by atoms with E-state index in [0.29, 0.717) is 33.8 Å². The van der Waals surface area contributed by atoms with Crippen LogP contribution < -0.4 is 5.32 Å². The van der Waals surface area contributed by atoms with Crippen LogP contribution >= 0.6 is 11.6 Å². The molecule has 4 aromatic heterocycles. The summed E-state index contributed by atoms with van der Waals surface area (Å²) in [6.07, 6.45) is 8.31. The number of H-pyrrole nitrogens is 1. The molecule has 2 amide bonds. The van der Waals surface area contributed by atoms with E-state index in [-0.39, 0.29) is 23.7 Å². The molecule has 12 heteroatoms. The molecule has 2 bridgehead atoms. The van der Waals surface area contributed by atoms with Gasteiger partial charge in [0, 0.05) is 18.3 Å². The minimum atomic E-state index is -0.404. The maximum Gasteiger partial charge on any atom is 0.275 e. The number of nitrogens with zero attached hydrogens (tertiary/aromatic N) is 7. The Morgan fingerprint density at radius 2 is 2.00 bits per heavy atom. The number of aromatic nitrogens is 7. The molecular weight excluding hydrogens is 494 g/mol. The summed E-state index contributed by atoms with van der Waals surface area (Å²) in [5, 5.41) is 18.5. The topological polar surface area (TPSA) is 135 Å². The van der Waals surface area contributed by atoms with E-state index in [2.05, 4.69) is 42.4 Å². The first kappa shape index (κ1) is 23.0. The van der Waals surface area contributed by atoms with E-state index in [1.807, 2.05) is 21.8 Å². The molecule has 3 atom stereocenters. The Hall–Kier alpha value is -4.38. The fraction of sp³-hybridized carbons (Fsp3) is 0.240. The summed E-state index contributed by atoms with van der Waals surface area (Å²) >= 11 is 6.11. The van der Waals surface area contributed by atoms with Crippen LogP contribution in [0.2, 0.25) is 5.02 Å². The van der Waals surface area contributed by atoms with E-state index in [4.69, 9.17) is 11.6 Å². The molecule has 2 N–H and O–H groups in total. The highest BCUT2D eigenvalue weighted by atomic mass is 35.5. The Bertz CT molecular complexity index is 1500. The zero-order valence-corrected chi connectivity index (χ0v) is 20.3. The number of hydrogen-bond donors (Lipinski definition) is 2. The lowest BCUT2D eigenvalue weighted by Gasteiger charge is -2.32. The first-order valence-corrected chi connectivity index (χ1v) is 12.2. The largest absolute Gasteiger partial charge is 0.334 e. The van der Waals surface area contributed by atoms with Gasteiger partial charge in [-0.1, -0.05) is 29.5 Å². The molecule has 2 fully saturated rings. The van der Waals surface area contributed by atoms with Crippen molar-refractivity contribution in [3.63, 3.8) is 0 Å². The number of carbonyl (C=O) groups excluding carboxylic acids is 2. The van der Waals surface area contributed by atoms with Crippen molar-refractivity contribution < 1.29 is 9.59 Å². The second kappa shape index (κ2) is 9.25. The molecule has 2 aliphatic rings. The number of piperidine rings is 1. The number of anilines is 1. The summed E-state index contributed by atoms with van der Waals surface area (Å²) in [5.41, 5.74) is 2.69. The van der Waals surface area contributed by atoms with Crippen molar-refractivity contribution in [3.05, 3.63) is 72.3 Å². The summed E-state index contributed by atoms with van der Waals surface area (Å²) in [7, 11) is 0. The van der Waals surface area contributed by atoms with Crippen LogP contribution in [0.25, 0.3) is 22.6 Å². The molecular formula is C25H22ClN9O2. The van der Waals surface area contributed by atoms with Gasteiger partial charge in [0.05, 0.1) is 35.2 Å². The third kappa shape index (κ3) is 4.27. The Morgan fingerprint density at radius 3 is 2.73 bits per heavy atom. The van der Waals surface area contributed by atoms with E-state index in [0.717, 1.165) is 24.9 Å². The maximum atomic E-state index is 12.8. The minimum absolute atomic E-state index is 0.0357. The fourth-order valence-corrected chi connectivity index (χ4v) is 5.36. The number of likely N-dealkylation sites (tertiary alicyclic amines) is 1. The number of halogens is 1. The number of amides is 2. The molecule has 1 aliphatic carbocycles. The Balaban J connectivity index is 1.14. The zero-order chi connectivity index (χ0) is 25.5. The van der Waals surface area contributed by atoms with Crippen LogP contribution in [0.15, 0.2) is 61.6 Å². The normalized spacial score (nSPS) is 20.2. The first-order valence-electron chi connectivity index (χ1n) is 11.8. The van der Waals surface area contributed by atoms with Crippen LogP contribution in [0.4, 0.5) is 5.82 Å². The van der Waals surface area contributed by atoms with Gasteiger partial charge in [0.2, 0.25) is 5.91 Å². The molecule has 11 nitrogen and oxygen atoms in total. The van der Waals surface area contributed by atoms with Crippen LogP contribution in [0, 0.1) is 5.92 Å². The molecule has 37 heavy (non-hydrogen) atoms. The molecule has 0 spiro atoms. The molecule has 186 valence electrons. The van der Waals surface area contributed by atoms with E-state index in [1.165, 1.54) is 12.3 Å². The second-order valence-corrected chi connectivity index (χ2v) is 9.55. The van der Waals surface area contributed by atoms with E-state index < -0.39 is 5.91 Å². The summed E-state index contributed by atoms with van der Waals surface area (Å²) in [6, 6.07) is 8.78. The van der Waals surface area contributed by atoms with Gasteiger partial charge >= 0.3 is 0 Å². The smallest absolute Gasteiger partial charge is 0.275 e. The summed E-state index contributed by atoms with van der Waals surface area (Å²) in [5.74, 6) is 0.410. The van der Waals surface area contributed by atoms with Crippen molar-refractivity contribution in [1.29, 1.82) is 0 Å². The van der Waals surface area contributed by atoms with Crippen LogP contribution in [0.5, 0.6) is 0 Å². The van der Waals surface area contributed by atoms with Crippen LogP contribution in [0.1, 0.15) is 29.4 Å². The van der Waals surface area contributed by atoms with E-state index >= 15 is 0 Å². The highest BCUT2D eigenvalue weighted by Gasteiger charge is 2.47. The number of fused-ring (bicyclic) bond motifs is 2. The van der Waals surface area contributed by atoms with Crippen molar-refractivity contribution >= 4 is 29.2 Å². The lowest BCUT2D eigenvalue weighted by molar-refractivity contribution is -0.128. The highest BCUT2D eigenvalue weighted by molar-refractivity contribution is 6.32. The molecule has 3 unspecified atom stereocenters. The van der Waals surface area contributed by atoms with E-state index in [1.54, 1.807) is 30.5 Å². The quantitative estimate of drug-likeness (QED) is 0.376.